The number of ether oxygens (including phenoxy) is 1. The van der Waals surface area contributed by atoms with Gasteiger partial charge in [-0.05, 0) is 33.2 Å². The molecule has 1 heterocycles. The predicted molar refractivity (Wildman–Crippen MR) is 70.2 cm³/mol. The van der Waals surface area contributed by atoms with Crippen LogP contribution in [0.5, 0.6) is 0 Å². The first-order valence-corrected chi connectivity index (χ1v) is 6.94. The maximum atomic E-state index is 11.8. The molecule has 5 heteroatoms. The molecule has 1 aliphatic carbocycles. The Kier molecular flexibility index (Phi) is 4.59. The number of carbonyl (C=O) groups excluding carboxylic acids is 1. The Labute approximate surface area is 109 Å². The van der Waals surface area contributed by atoms with Crippen LogP contribution in [0.15, 0.2) is 0 Å². The van der Waals surface area contributed by atoms with Gasteiger partial charge in [-0.15, -0.1) is 0 Å². The highest BCUT2D eigenvalue weighted by Crippen LogP contribution is 2.22. The van der Waals surface area contributed by atoms with Crippen molar-refractivity contribution in [1.29, 1.82) is 0 Å². The molecule has 2 fully saturated rings. The Balaban J connectivity index is 1.83. The van der Waals surface area contributed by atoms with Gasteiger partial charge < -0.3 is 15.8 Å². The second-order valence-corrected chi connectivity index (χ2v) is 5.53. The highest BCUT2D eigenvalue weighted by Gasteiger charge is 2.32. The van der Waals surface area contributed by atoms with E-state index in [4.69, 9.17) is 10.5 Å². The number of nitrogens with one attached hydrogen (secondary N) is 1. The maximum Gasteiger partial charge on any atom is 0.221 e. The minimum absolute atomic E-state index is 0.109. The average Bonchev–Trinajstić information content (AvgIpc) is 3.04. The first kappa shape index (κ1) is 13.8. The largest absolute Gasteiger partial charge is 0.377 e. The molecule has 104 valence electrons. The lowest BCUT2D eigenvalue weighted by molar-refractivity contribution is -0.122. The summed E-state index contributed by atoms with van der Waals surface area (Å²) in [5, 5.41) is 3.02. The number of hydrogen-bond donors (Lipinski definition) is 2. The van der Waals surface area contributed by atoms with E-state index >= 15 is 0 Å². The molecule has 1 aliphatic heterocycles. The van der Waals surface area contributed by atoms with Crippen molar-refractivity contribution in [2.24, 2.45) is 5.73 Å². The third kappa shape index (κ3) is 3.43. The minimum Gasteiger partial charge on any atom is -0.377 e. The summed E-state index contributed by atoms with van der Waals surface area (Å²) in [7, 11) is 2.05. The van der Waals surface area contributed by atoms with Gasteiger partial charge in [-0.25, -0.2) is 0 Å². The summed E-state index contributed by atoms with van der Waals surface area (Å²) in [5.74, 6) is 0.131. The Morgan fingerprint density at radius 1 is 1.50 bits per heavy atom. The number of amides is 1. The van der Waals surface area contributed by atoms with Gasteiger partial charge >= 0.3 is 0 Å². The fourth-order valence-corrected chi connectivity index (χ4v) is 2.65. The topological polar surface area (TPSA) is 67.6 Å². The van der Waals surface area contributed by atoms with E-state index in [0.717, 1.165) is 25.9 Å². The highest BCUT2D eigenvalue weighted by atomic mass is 16.5. The molecule has 18 heavy (non-hydrogen) atoms. The molecule has 3 N–H and O–H groups in total. The lowest BCUT2D eigenvalue weighted by Crippen LogP contribution is -2.49. The average molecular weight is 255 g/mol. The molecule has 5 nitrogen and oxygen atoms in total. The molecule has 0 aromatic heterocycles. The van der Waals surface area contributed by atoms with Gasteiger partial charge in [0.05, 0.1) is 6.10 Å². The summed E-state index contributed by atoms with van der Waals surface area (Å²) >= 11 is 0. The molecule has 2 aliphatic rings. The zero-order chi connectivity index (χ0) is 13.1. The minimum atomic E-state index is 0.109. The van der Waals surface area contributed by atoms with Crippen LogP contribution in [0.1, 0.15) is 32.6 Å². The SMILES string of the molecule is CC1OCCC1N(C)C(CN)CC(=O)NC1CC1. The van der Waals surface area contributed by atoms with Crippen LogP contribution in [0.3, 0.4) is 0 Å². The summed E-state index contributed by atoms with van der Waals surface area (Å²) in [5.41, 5.74) is 5.82. The Hall–Kier alpha value is -0.650. The van der Waals surface area contributed by atoms with Crippen molar-refractivity contribution >= 4 is 5.91 Å². The zero-order valence-corrected chi connectivity index (χ0v) is 11.4. The fourth-order valence-electron chi connectivity index (χ4n) is 2.65. The number of nitrogens with zero attached hydrogens (tertiary/aromatic N) is 1. The monoisotopic (exact) mass is 255 g/mol. The Morgan fingerprint density at radius 2 is 2.22 bits per heavy atom. The van der Waals surface area contributed by atoms with Crippen molar-refractivity contribution in [2.75, 3.05) is 20.2 Å². The molecular formula is C13H25N3O2. The van der Waals surface area contributed by atoms with Crippen LogP contribution in [0, 0.1) is 0 Å². The van der Waals surface area contributed by atoms with E-state index in [-0.39, 0.29) is 18.1 Å². The normalized spacial score (nSPS) is 29.6. The van der Waals surface area contributed by atoms with E-state index in [2.05, 4.69) is 24.2 Å². The molecule has 3 atom stereocenters. The third-order valence-corrected chi connectivity index (χ3v) is 4.07. The lowest BCUT2D eigenvalue weighted by Gasteiger charge is -2.33. The molecule has 0 spiro atoms. The van der Waals surface area contributed by atoms with Crippen LogP contribution in [0.2, 0.25) is 0 Å². The van der Waals surface area contributed by atoms with Crippen molar-refractivity contribution in [2.45, 2.75) is 56.8 Å². The summed E-state index contributed by atoms with van der Waals surface area (Å²) in [4.78, 5) is 14.1. The summed E-state index contributed by atoms with van der Waals surface area (Å²) in [6, 6.07) is 0.917. The van der Waals surface area contributed by atoms with Gasteiger partial charge in [0.2, 0.25) is 5.91 Å². The van der Waals surface area contributed by atoms with E-state index in [0.29, 0.717) is 25.0 Å². The second kappa shape index (κ2) is 5.99. The highest BCUT2D eigenvalue weighted by molar-refractivity contribution is 5.77. The van der Waals surface area contributed by atoms with Gasteiger partial charge in [-0.3, -0.25) is 9.69 Å². The number of hydrogen-bond acceptors (Lipinski definition) is 4. The first-order valence-electron chi connectivity index (χ1n) is 6.94. The van der Waals surface area contributed by atoms with Crippen LogP contribution >= 0.6 is 0 Å². The van der Waals surface area contributed by atoms with Gasteiger partial charge in [-0.1, -0.05) is 0 Å². The molecule has 1 saturated heterocycles. The summed E-state index contributed by atoms with van der Waals surface area (Å²) in [6.45, 7) is 3.41. The third-order valence-electron chi connectivity index (χ3n) is 4.07. The molecule has 0 bridgehead atoms. The maximum absolute atomic E-state index is 11.8. The number of carbonyl (C=O) groups is 1. The smallest absolute Gasteiger partial charge is 0.221 e. The quantitative estimate of drug-likeness (QED) is 0.706. The van der Waals surface area contributed by atoms with E-state index in [9.17, 15) is 4.79 Å². The van der Waals surface area contributed by atoms with Crippen molar-refractivity contribution in [1.82, 2.24) is 10.2 Å². The van der Waals surface area contributed by atoms with Crippen molar-refractivity contribution < 1.29 is 9.53 Å². The van der Waals surface area contributed by atoms with Crippen molar-refractivity contribution in [3.05, 3.63) is 0 Å². The molecule has 0 aromatic rings. The second-order valence-electron chi connectivity index (χ2n) is 5.53. The van der Waals surface area contributed by atoms with Crippen LogP contribution in [0.25, 0.3) is 0 Å². The first-order chi connectivity index (χ1) is 8.61. The molecule has 2 rings (SSSR count). The number of rotatable bonds is 6. The van der Waals surface area contributed by atoms with Gasteiger partial charge in [0.25, 0.3) is 0 Å². The standard InChI is InChI=1S/C13H25N3O2/c1-9-12(5-6-18-9)16(2)11(8-14)7-13(17)15-10-3-4-10/h9-12H,3-8,14H2,1-2H3,(H,15,17). The number of likely N-dealkylation sites (N-methyl/N-ethyl adjacent to an activating group) is 1. The molecule has 1 saturated carbocycles. The predicted octanol–water partition coefficient (Wildman–Crippen LogP) is 0.0916. The van der Waals surface area contributed by atoms with Crippen LogP contribution in [-0.2, 0) is 9.53 Å². The van der Waals surface area contributed by atoms with Gasteiger partial charge in [0, 0.05) is 37.7 Å². The van der Waals surface area contributed by atoms with E-state index in [1.165, 1.54) is 0 Å². The molecule has 3 unspecified atom stereocenters. The molecule has 0 aromatic carbocycles. The van der Waals surface area contributed by atoms with Crippen molar-refractivity contribution in [3.8, 4) is 0 Å². The lowest BCUT2D eigenvalue weighted by atomic mass is 10.1. The zero-order valence-electron chi connectivity index (χ0n) is 11.4. The van der Waals surface area contributed by atoms with Crippen LogP contribution in [-0.4, -0.2) is 55.2 Å². The summed E-state index contributed by atoms with van der Waals surface area (Å²) in [6.07, 6.45) is 4.01. The molecule has 0 radical (unpaired) electrons. The fraction of sp³-hybridized carbons (Fsp3) is 0.923. The molecular weight excluding hydrogens is 230 g/mol. The van der Waals surface area contributed by atoms with Gasteiger partial charge in [0.1, 0.15) is 0 Å². The summed E-state index contributed by atoms with van der Waals surface area (Å²) < 4.78 is 5.58. The van der Waals surface area contributed by atoms with E-state index < -0.39 is 0 Å². The van der Waals surface area contributed by atoms with Crippen LogP contribution in [0.4, 0.5) is 0 Å². The van der Waals surface area contributed by atoms with Crippen LogP contribution < -0.4 is 11.1 Å². The van der Waals surface area contributed by atoms with E-state index in [1.54, 1.807) is 0 Å². The molecule has 1 amide bonds. The Bertz CT molecular complexity index is 294. The van der Waals surface area contributed by atoms with Crippen molar-refractivity contribution in [3.63, 3.8) is 0 Å². The van der Waals surface area contributed by atoms with Gasteiger partial charge in [0.15, 0.2) is 0 Å². The van der Waals surface area contributed by atoms with E-state index in [1.807, 2.05) is 0 Å². The Morgan fingerprint density at radius 3 is 2.72 bits per heavy atom. The number of nitrogens with two attached hydrogens (primary N) is 1. The van der Waals surface area contributed by atoms with Gasteiger partial charge in [-0.2, -0.15) is 0 Å².